The lowest BCUT2D eigenvalue weighted by Crippen LogP contribution is -2.19. The molecule has 5 nitrogen and oxygen atoms in total. The van der Waals surface area contributed by atoms with E-state index < -0.39 is 0 Å². The fourth-order valence-electron chi connectivity index (χ4n) is 1.87. The first-order valence-corrected chi connectivity index (χ1v) is 8.34. The summed E-state index contributed by atoms with van der Waals surface area (Å²) in [6.07, 6.45) is 0. The van der Waals surface area contributed by atoms with E-state index in [0.717, 1.165) is 21.2 Å². The van der Waals surface area contributed by atoms with Gasteiger partial charge in [-0.05, 0) is 43.5 Å². The lowest BCUT2D eigenvalue weighted by molar-refractivity contribution is 0.0950. The molecule has 7 heteroatoms. The molecule has 3 rings (SSSR count). The van der Waals surface area contributed by atoms with Crippen LogP contribution in [0.1, 0.15) is 27.2 Å². The van der Waals surface area contributed by atoms with Crippen molar-refractivity contribution in [3.05, 3.63) is 51.2 Å². The second kappa shape index (κ2) is 6.25. The monoisotopic (exact) mass is 330 g/mol. The van der Waals surface area contributed by atoms with Crippen LogP contribution in [0.3, 0.4) is 0 Å². The number of hydrogen-bond acceptors (Lipinski definition) is 5. The quantitative estimate of drug-likeness (QED) is 0.566. The number of aryl methyl sites for hydroxylation is 1. The molecule has 112 valence electrons. The average molecular weight is 330 g/mol. The summed E-state index contributed by atoms with van der Waals surface area (Å²) in [6.45, 7) is 3.90. The molecule has 0 aromatic carbocycles. The molecule has 0 saturated carbocycles. The third-order valence-electron chi connectivity index (χ3n) is 3.02. The smallest absolute Gasteiger partial charge is 0.276 e. The maximum Gasteiger partial charge on any atom is 0.291 e. The molecule has 0 aliphatic rings. The summed E-state index contributed by atoms with van der Waals surface area (Å²) in [7, 11) is 0. The lowest BCUT2D eigenvalue weighted by atomic mass is 10.3. The van der Waals surface area contributed by atoms with E-state index >= 15 is 0 Å². The highest BCUT2D eigenvalue weighted by molar-refractivity contribution is 7.15. The van der Waals surface area contributed by atoms with Crippen LogP contribution in [0.4, 0.5) is 0 Å². The molecule has 0 fully saturated rings. The molecule has 0 atom stereocenters. The molecule has 0 radical (unpaired) electrons. The summed E-state index contributed by atoms with van der Waals surface area (Å²) in [6, 6.07) is 9.69. The van der Waals surface area contributed by atoms with Gasteiger partial charge in [0.05, 0.1) is 16.3 Å². The largest absolute Gasteiger partial charge is 0.291 e. The molecule has 2 N–H and O–H groups in total. The van der Waals surface area contributed by atoms with Crippen molar-refractivity contribution in [3.8, 4) is 10.6 Å². The zero-order valence-electron chi connectivity index (χ0n) is 12.1. The van der Waals surface area contributed by atoms with Gasteiger partial charge in [0.2, 0.25) is 0 Å². The number of aromatic nitrogens is 2. The van der Waals surface area contributed by atoms with Crippen molar-refractivity contribution in [2.75, 3.05) is 0 Å². The molecular formula is C15H14N4OS2. The first kappa shape index (κ1) is 14.7. The van der Waals surface area contributed by atoms with Crippen molar-refractivity contribution in [2.24, 2.45) is 5.10 Å². The molecule has 3 aromatic rings. The lowest BCUT2D eigenvalue weighted by Gasteiger charge is -1.98. The van der Waals surface area contributed by atoms with Gasteiger partial charge >= 0.3 is 0 Å². The van der Waals surface area contributed by atoms with Crippen molar-refractivity contribution in [1.29, 1.82) is 0 Å². The topological polar surface area (TPSA) is 70.1 Å². The molecule has 0 bridgehead atoms. The van der Waals surface area contributed by atoms with Crippen molar-refractivity contribution in [3.63, 3.8) is 0 Å². The predicted molar refractivity (Wildman–Crippen MR) is 90.6 cm³/mol. The second-order valence-corrected chi connectivity index (χ2v) is 6.93. The highest BCUT2D eigenvalue weighted by Crippen LogP contribution is 2.26. The summed E-state index contributed by atoms with van der Waals surface area (Å²) in [5, 5.41) is 13.0. The number of thiophene rings is 2. The van der Waals surface area contributed by atoms with Gasteiger partial charge in [0, 0.05) is 9.75 Å². The Hall–Kier alpha value is -2.25. The van der Waals surface area contributed by atoms with E-state index in [1.807, 2.05) is 43.5 Å². The molecule has 0 aliphatic heterocycles. The van der Waals surface area contributed by atoms with Crippen LogP contribution < -0.4 is 5.43 Å². The molecular weight excluding hydrogens is 316 g/mol. The zero-order valence-corrected chi connectivity index (χ0v) is 13.7. The number of aromatic amines is 1. The molecule has 22 heavy (non-hydrogen) atoms. The number of amides is 1. The number of hydrazone groups is 1. The van der Waals surface area contributed by atoms with Crippen LogP contribution in [0.2, 0.25) is 0 Å². The summed E-state index contributed by atoms with van der Waals surface area (Å²) in [5.74, 6) is -0.327. The number of rotatable bonds is 4. The Bertz CT molecular complexity index is 814. The highest BCUT2D eigenvalue weighted by atomic mass is 32.1. The van der Waals surface area contributed by atoms with E-state index in [1.165, 1.54) is 4.88 Å². The fraction of sp³-hybridized carbons (Fsp3) is 0.133. The molecule has 0 aliphatic carbocycles. The molecule has 1 amide bonds. The number of nitrogens with zero attached hydrogens (tertiary/aromatic N) is 2. The Morgan fingerprint density at radius 2 is 2.23 bits per heavy atom. The Morgan fingerprint density at radius 3 is 2.91 bits per heavy atom. The van der Waals surface area contributed by atoms with Crippen LogP contribution in [0, 0.1) is 6.92 Å². The van der Waals surface area contributed by atoms with E-state index in [4.69, 9.17) is 0 Å². The van der Waals surface area contributed by atoms with Gasteiger partial charge in [-0.3, -0.25) is 9.89 Å². The Balaban J connectivity index is 1.71. The van der Waals surface area contributed by atoms with Gasteiger partial charge in [0.25, 0.3) is 5.91 Å². The number of nitrogens with one attached hydrogen (secondary N) is 2. The summed E-state index contributed by atoms with van der Waals surface area (Å²) in [5.41, 5.74) is 4.46. The van der Waals surface area contributed by atoms with Gasteiger partial charge in [-0.25, -0.2) is 5.43 Å². The molecule has 3 aromatic heterocycles. The first-order chi connectivity index (χ1) is 10.6. The minimum atomic E-state index is -0.327. The van der Waals surface area contributed by atoms with Crippen molar-refractivity contribution < 1.29 is 4.79 Å². The predicted octanol–water partition coefficient (Wildman–Crippen LogP) is 3.66. The van der Waals surface area contributed by atoms with Crippen LogP contribution in [-0.4, -0.2) is 21.8 Å². The van der Waals surface area contributed by atoms with Crippen LogP contribution in [0.25, 0.3) is 10.6 Å². The average Bonchev–Trinajstić information content (AvgIpc) is 3.23. The van der Waals surface area contributed by atoms with Crippen LogP contribution in [-0.2, 0) is 0 Å². The van der Waals surface area contributed by atoms with Gasteiger partial charge in [0.15, 0.2) is 5.69 Å². The van der Waals surface area contributed by atoms with E-state index in [-0.39, 0.29) is 5.91 Å². The normalized spacial score (nSPS) is 11.6. The molecule has 0 unspecified atom stereocenters. The molecule has 0 spiro atoms. The fourth-order valence-corrected chi connectivity index (χ4v) is 3.39. The number of H-pyrrole nitrogens is 1. The summed E-state index contributed by atoms with van der Waals surface area (Å²) >= 11 is 3.23. The Morgan fingerprint density at radius 1 is 1.36 bits per heavy atom. The number of carbonyl (C=O) groups excluding carboxylic acids is 1. The van der Waals surface area contributed by atoms with Crippen molar-refractivity contribution in [1.82, 2.24) is 15.6 Å². The first-order valence-electron chi connectivity index (χ1n) is 6.64. The van der Waals surface area contributed by atoms with Crippen molar-refractivity contribution in [2.45, 2.75) is 13.8 Å². The molecule has 0 saturated heterocycles. The minimum absolute atomic E-state index is 0.323. The van der Waals surface area contributed by atoms with E-state index in [9.17, 15) is 4.79 Å². The van der Waals surface area contributed by atoms with Crippen LogP contribution in [0.15, 0.2) is 40.8 Å². The van der Waals surface area contributed by atoms with E-state index in [0.29, 0.717) is 5.69 Å². The van der Waals surface area contributed by atoms with Gasteiger partial charge in [-0.2, -0.15) is 10.2 Å². The van der Waals surface area contributed by atoms with Gasteiger partial charge < -0.3 is 0 Å². The van der Waals surface area contributed by atoms with Gasteiger partial charge in [-0.15, -0.1) is 22.7 Å². The zero-order chi connectivity index (χ0) is 15.5. The van der Waals surface area contributed by atoms with Gasteiger partial charge in [-0.1, -0.05) is 6.07 Å². The SMILES string of the molecule is C/C(=N\NC(=O)c1cc(-c2ccc(C)s2)[nH]n1)c1cccs1. The number of carbonyl (C=O) groups is 1. The summed E-state index contributed by atoms with van der Waals surface area (Å²) < 4.78 is 0. The van der Waals surface area contributed by atoms with Crippen LogP contribution >= 0.6 is 22.7 Å². The van der Waals surface area contributed by atoms with E-state index in [2.05, 4.69) is 20.7 Å². The van der Waals surface area contributed by atoms with Crippen molar-refractivity contribution >= 4 is 34.3 Å². The van der Waals surface area contributed by atoms with Gasteiger partial charge in [0.1, 0.15) is 0 Å². The third-order valence-corrected chi connectivity index (χ3v) is 5.03. The maximum atomic E-state index is 12.1. The standard InChI is InChI=1S/C15H14N4OS2/c1-9-5-6-14(22-9)11-8-12(18-17-11)15(20)19-16-10(2)13-4-3-7-21-13/h3-8H,1-2H3,(H,17,18)(H,19,20)/b16-10+. The van der Waals surface area contributed by atoms with E-state index in [1.54, 1.807) is 28.7 Å². The van der Waals surface area contributed by atoms with Crippen LogP contribution in [0.5, 0.6) is 0 Å². The third kappa shape index (κ3) is 3.15. The second-order valence-electron chi connectivity index (χ2n) is 4.69. The Kier molecular flexibility index (Phi) is 4.17. The highest BCUT2D eigenvalue weighted by Gasteiger charge is 2.12. The minimum Gasteiger partial charge on any atom is -0.276 e. The molecule has 3 heterocycles. The summed E-state index contributed by atoms with van der Waals surface area (Å²) in [4.78, 5) is 15.4. The number of hydrogen-bond donors (Lipinski definition) is 2. The Labute approximate surface area is 135 Å². The maximum absolute atomic E-state index is 12.1.